The second kappa shape index (κ2) is 6.83. The first kappa shape index (κ1) is 17.4. The number of aryl methyl sites for hydroxylation is 2. The SMILES string of the molecule is Cc1c(NC(=O)c2cc(Cc3ccccc3)n(C)n2)c(C(=O)O)nn1C. The van der Waals surface area contributed by atoms with Gasteiger partial charge < -0.3 is 10.4 Å². The number of carbonyl (C=O) groups excluding carboxylic acids is 1. The quantitative estimate of drug-likeness (QED) is 0.730. The van der Waals surface area contributed by atoms with Crippen molar-refractivity contribution in [2.45, 2.75) is 13.3 Å². The van der Waals surface area contributed by atoms with Crippen LogP contribution < -0.4 is 5.32 Å². The molecule has 0 spiro atoms. The Hall–Kier alpha value is -3.42. The third kappa shape index (κ3) is 3.34. The molecule has 1 aromatic carbocycles. The Morgan fingerprint density at radius 2 is 1.81 bits per heavy atom. The Bertz CT molecular complexity index is 972. The minimum Gasteiger partial charge on any atom is -0.476 e. The van der Waals surface area contributed by atoms with E-state index in [-0.39, 0.29) is 17.1 Å². The van der Waals surface area contributed by atoms with Crippen molar-refractivity contribution in [2.24, 2.45) is 14.1 Å². The standard InChI is InChI=1S/C18H19N5O3/c1-11-15(16(18(25)26)21-22(11)2)19-17(24)14-10-13(23(3)20-14)9-12-7-5-4-6-8-12/h4-8,10H,9H2,1-3H3,(H,19,24)(H,25,26). The van der Waals surface area contributed by atoms with Gasteiger partial charge in [-0.15, -0.1) is 0 Å². The molecule has 0 saturated heterocycles. The molecule has 26 heavy (non-hydrogen) atoms. The van der Waals surface area contributed by atoms with Crippen LogP contribution in [0.15, 0.2) is 36.4 Å². The number of hydrogen-bond acceptors (Lipinski definition) is 4. The molecule has 0 radical (unpaired) electrons. The van der Waals surface area contributed by atoms with Gasteiger partial charge in [0, 0.05) is 26.2 Å². The van der Waals surface area contributed by atoms with Crippen molar-refractivity contribution in [1.29, 1.82) is 0 Å². The summed E-state index contributed by atoms with van der Waals surface area (Å²) < 4.78 is 3.06. The highest BCUT2D eigenvalue weighted by atomic mass is 16.4. The maximum absolute atomic E-state index is 12.6. The first-order valence-electron chi connectivity index (χ1n) is 8.02. The minimum atomic E-state index is -1.20. The molecule has 0 bridgehead atoms. The molecule has 8 heteroatoms. The number of nitrogens with zero attached hydrogens (tertiary/aromatic N) is 4. The number of carbonyl (C=O) groups is 2. The molecule has 0 fully saturated rings. The van der Waals surface area contributed by atoms with E-state index in [1.807, 2.05) is 30.3 Å². The Labute approximate surface area is 150 Å². The third-order valence-corrected chi connectivity index (χ3v) is 4.21. The van der Waals surface area contributed by atoms with Crippen LogP contribution in [0.5, 0.6) is 0 Å². The van der Waals surface area contributed by atoms with E-state index in [0.717, 1.165) is 11.3 Å². The van der Waals surface area contributed by atoms with E-state index in [4.69, 9.17) is 0 Å². The average Bonchev–Trinajstić information content (AvgIpc) is 3.11. The summed E-state index contributed by atoms with van der Waals surface area (Å²) in [6.45, 7) is 1.69. The second-order valence-electron chi connectivity index (χ2n) is 6.00. The average molecular weight is 353 g/mol. The van der Waals surface area contributed by atoms with Crippen molar-refractivity contribution < 1.29 is 14.7 Å². The van der Waals surface area contributed by atoms with E-state index in [2.05, 4.69) is 15.5 Å². The number of amides is 1. The van der Waals surface area contributed by atoms with E-state index >= 15 is 0 Å². The number of aromatic nitrogens is 4. The van der Waals surface area contributed by atoms with Crippen molar-refractivity contribution in [3.8, 4) is 0 Å². The number of anilines is 1. The fourth-order valence-electron chi connectivity index (χ4n) is 2.67. The normalized spacial score (nSPS) is 10.7. The summed E-state index contributed by atoms with van der Waals surface area (Å²) in [5.74, 6) is -1.67. The summed E-state index contributed by atoms with van der Waals surface area (Å²) in [7, 11) is 3.39. The van der Waals surface area contributed by atoms with E-state index in [1.54, 1.807) is 31.8 Å². The zero-order valence-corrected chi connectivity index (χ0v) is 14.7. The highest BCUT2D eigenvalue weighted by Crippen LogP contribution is 2.20. The lowest BCUT2D eigenvalue weighted by atomic mass is 10.1. The van der Waals surface area contributed by atoms with Gasteiger partial charge in [-0.1, -0.05) is 30.3 Å². The van der Waals surface area contributed by atoms with Crippen molar-refractivity contribution >= 4 is 17.6 Å². The number of hydrogen-bond donors (Lipinski definition) is 2. The van der Waals surface area contributed by atoms with Gasteiger partial charge in [0.25, 0.3) is 5.91 Å². The fourth-order valence-corrected chi connectivity index (χ4v) is 2.67. The summed E-state index contributed by atoms with van der Waals surface area (Å²) in [4.78, 5) is 23.9. The maximum atomic E-state index is 12.6. The molecule has 0 aliphatic rings. The Kier molecular flexibility index (Phi) is 4.57. The van der Waals surface area contributed by atoms with Gasteiger partial charge >= 0.3 is 5.97 Å². The second-order valence-corrected chi connectivity index (χ2v) is 6.00. The van der Waals surface area contributed by atoms with Crippen LogP contribution in [0.25, 0.3) is 0 Å². The smallest absolute Gasteiger partial charge is 0.358 e. The molecule has 0 saturated carbocycles. The van der Waals surface area contributed by atoms with E-state index in [0.29, 0.717) is 12.1 Å². The van der Waals surface area contributed by atoms with Crippen LogP contribution in [-0.2, 0) is 20.5 Å². The summed E-state index contributed by atoms with van der Waals surface area (Å²) in [5.41, 5.74) is 2.75. The molecule has 0 aliphatic carbocycles. The van der Waals surface area contributed by atoms with Crippen molar-refractivity contribution in [3.05, 3.63) is 64.7 Å². The van der Waals surface area contributed by atoms with E-state index in [1.165, 1.54) is 4.68 Å². The van der Waals surface area contributed by atoms with Gasteiger partial charge in [0.15, 0.2) is 11.4 Å². The zero-order valence-electron chi connectivity index (χ0n) is 14.7. The van der Waals surface area contributed by atoms with Gasteiger partial charge in [-0.2, -0.15) is 10.2 Å². The van der Waals surface area contributed by atoms with Crippen LogP contribution in [0, 0.1) is 6.92 Å². The molecule has 1 amide bonds. The van der Waals surface area contributed by atoms with Crippen LogP contribution in [0.3, 0.4) is 0 Å². The summed E-state index contributed by atoms with van der Waals surface area (Å²) in [6.07, 6.45) is 0.643. The van der Waals surface area contributed by atoms with Crippen LogP contribution in [0.4, 0.5) is 5.69 Å². The first-order chi connectivity index (χ1) is 12.4. The van der Waals surface area contributed by atoms with Crippen LogP contribution in [-0.4, -0.2) is 36.5 Å². The number of aromatic carboxylic acids is 1. The number of benzene rings is 1. The Morgan fingerprint density at radius 1 is 1.12 bits per heavy atom. The van der Waals surface area contributed by atoms with Gasteiger partial charge in [-0.25, -0.2) is 4.79 Å². The summed E-state index contributed by atoms with van der Waals surface area (Å²) in [6, 6.07) is 11.6. The zero-order chi connectivity index (χ0) is 18.8. The predicted octanol–water partition coefficient (Wildman–Crippen LogP) is 2.00. The number of carboxylic acids is 1. The topological polar surface area (TPSA) is 102 Å². The minimum absolute atomic E-state index is 0.181. The molecule has 3 aromatic rings. The fraction of sp³-hybridized carbons (Fsp3) is 0.222. The Morgan fingerprint density at radius 3 is 2.46 bits per heavy atom. The van der Waals surface area contributed by atoms with Gasteiger partial charge in [0.2, 0.25) is 0 Å². The molecule has 2 heterocycles. The Balaban J connectivity index is 1.84. The molecule has 0 aliphatic heterocycles. The summed E-state index contributed by atoms with van der Waals surface area (Å²) in [5, 5.41) is 20.0. The van der Waals surface area contributed by atoms with Gasteiger partial charge in [0.05, 0.1) is 11.4 Å². The molecule has 0 unspecified atom stereocenters. The van der Waals surface area contributed by atoms with E-state index < -0.39 is 11.9 Å². The molecular weight excluding hydrogens is 334 g/mol. The predicted molar refractivity (Wildman–Crippen MR) is 95.3 cm³/mol. The molecule has 134 valence electrons. The number of rotatable bonds is 5. The van der Waals surface area contributed by atoms with Gasteiger partial charge in [-0.05, 0) is 18.6 Å². The third-order valence-electron chi connectivity index (χ3n) is 4.21. The highest BCUT2D eigenvalue weighted by Gasteiger charge is 2.22. The molecular formula is C18H19N5O3. The number of carboxylic acid groups (broad SMARTS) is 1. The molecule has 0 atom stereocenters. The van der Waals surface area contributed by atoms with E-state index in [9.17, 15) is 14.7 Å². The summed E-state index contributed by atoms with van der Waals surface area (Å²) >= 11 is 0. The van der Waals surface area contributed by atoms with Crippen LogP contribution in [0.1, 0.15) is 37.9 Å². The van der Waals surface area contributed by atoms with Crippen molar-refractivity contribution in [3.63, 3.8) is 0 Å². The van der Waals surface area contributed by atoms with Crippen molar-refractivity contribution in [2.75, 3.05) is 5.32 Å². The number of nitrogens with one attached hydrogen (secondary N) is 1. The van der Waals surface area contributed by atoms with Crippen LogP contribution in [0.2, 0.25) is 0 Å². The molecule has 8 nitrogen and oxygen atoms in total. The van der Waals surface area contributed by atoms with Gasteiger partial charge in [-0.3, -0.25) is 14.2 Å². The lowest BCUT2D eigenvalue weighted by molar-refractivity contribution is 0.0690. The lowest BCUT2D eigenvalue weighted by Gasteiger charge is -2.03. The van der Waals surface area contributed by atoms with Gasteiger partial charge in [0.1, 0.15) is 0 Å². The largest absolute Gasteiger partial charge is 0.476 e. The molecule has 2 aromatic heterocycles. The monoisotopic (exact) mass is 353 g/mol. The maximum Gasteiger partial charge on any atom is 0.358 e. The van der Waals surface area contributed by atoms with Crippen molar-refractivity contribution in [1.82, 2.24) is 19.6 Å². The molecule has 3 rings (SSSR count). The molecule has 2 N–H and O–H groups in total. The lowest BCUT2D eigenvalue weighted by Crippen LogP contribution is -2.15. The highest BCUT2D eigenvalue weighted by molar-refractivity contribution is 6.06. The first-order valence-corrected chi connectivity index (χ1v) is 8.02. The van der Waals surface area contributed by atoms with Crippen LogP contribution >= 0.6 is 0 Å².